The van der Waals surface area contributed by atoms with Gasteiger partial charge in [0.1, 0.15) is 5.76 Å². The molecule has 1 aromatic carbocycles. The van der Waals surface area contributed by atoms with Crippen LogP contribution in [0.4, 0.5) is 0 Å². The first-order valence-electron chi connectivity index (χ1n) is 6.04. The van der Waals surface area contributed by atoms with Crippen molar-refractivity contribution in [2.24, 2.45) is 5.92 Å². The molecule has 0 aliphatic rings. The van der Waals surface area contributed by atoms with E-state index >= 15 is 0 Å². The van der Waals surface area contributed by atoms with E-state index in [9.17, 15) is 0 Å². The molecule has 0 atom stereocenters. The third kappa shape index (κ3) is 7.40. The van der Waals surface area contributed by atoms with Crippen LogP contribution in [-0.4, -0.2) is 5.11 Å². The van der Waals surface area contributed by atoms with Crippen molar-refractivity contribution in [3.63, 3.8) is 0 Å². The minimum atomic E-state index is 0.0640. The summed E-state index contributed by atoms with van der Waals surface area (Å²) in [5.74, 6) is 0.897. The third-order valence-corrected chi connectivity index (χ3v) is 1.94. The van der Waals surface area contributed by atoms with E-state index in [4.69, 9.17) is 5.11 Å². The Morgan fingerprint density at radius 2 is 1.88 bits per heavy atom. The average Bonchev–Trinajstić information content (AvgIpc) is 2.19. The topological polar surface area (TPSA) is 20.2 Å². The van der Waals surface area contributed by atoms with Crippen LogP contribution in [0.5, 0.6) is 0 Å². The third-order valence-electron chi connectivity index (χ3n) is 1.94. The lowest BCUT2D eigenvalue weighted by atomic mass is 10.1. The number of hydrogen-bond donors (Lipinski definition) is 1. The summed E-state index contributed by atoms with van der Waals surface area (Å²) in [7, 11) is 0. The van der Waals surface area contributed by atoms with Gasteiger partial charge in [-0.05, 0) is 34.4 Å². The molecule has 1 N–H and O–H groups in total. The maximum Gasteiger partial charge on any atom is 0.109 e. The summed E-state index contributed by atoms with van der Waals surface area (Å²) in [4.78, 5) is 0. The maximum absolute atomic E-state index is 8.98. The second kappa shape index (κ2) is 7.72. The molecule has 0 spiro atoms. The predicted octanol–water partition coefficient (Wildman–Crippen LogP) is 3.17. The lowest BCUT2D eigenvalue weighted by Crippen LogP contribution is -2.23. The summed E-state index contributed by atoms with van der Waals surface area (Å²) >= 11 is 0. The molecule has 1 rings (SSSR count). The average molecular weight is 232 g/mol. The first-order chi connectivity index (χ1) is 7.86. The molecule has 0 bridgehead atoms. The van der Waals surface area contributed by atoms with Gasteiger partial charge in [-0.3, -0.25) is 0 Å². The van der Waals surface area contributed by atoms with Crippen LogP contribution in [0.25, 0.3) is 12.7 Å². The molecule has 1 aromatic rings. The summed E-state index contributed by atoms with van der Waals surface area (Å²) < 4.78 is 0. The molecular formula is C16H24O. The molecule has 94 valence electrons. The largest absolute Gasteiger partial charge is 0.509 e. The van der Waals surface area contributed by atoms with Gasteiger partial charge in [0.2, 0.25) is 0 Å². The minimum Gasteiger partial charge on any atom is -0.509 e. The molecule has 0 aliphatic carbocycles. The Morgan fingerprint density at radius 3 is 2.24 bits per heavy atom. The van der Waals surface area contributed by atoms with Crippen LogP contribution in [0, 0.1) is 5.92 Å². The second-order valence-electron chi connectivity index (χ2n) is 4.75. The number of allylic oxidation sites excluding steroid dienone is 1. The number of hydrogen-bond acceptors (Lipinski definition) is 1. The maximum atomic E-state index is 8.98. The van der Waals surface area contributed by atoms with Crippen LogP contribution < -0.4 is 10.4 Å². The summed E-state index contributed by atoms with van der Waals surface area (Å²) in [6.45, 7) is 15.9. The van der Waals surface area contributed by atoms with Crippen LogP contribution in [0.15, 0.2) is 30.5 Å². The fraction of sp³-hybridized carbons (Fsp3) is 0.375. The van der Waals surface area contributed by atoms with Gasteiger partial charge in [-0.25, -0.2) is 0 Å². The van der Waals surface area contributed by atoms with Crippen molar-refractivity contribution in [2.75, 3.05) is 0 Å². The zero-order chi connectivity index (χ0) is 13.4. The van der Waals surface area contributed by atoms with E-state index in [-0.39, 0.29) is 5.76 Å². The highest BCUT2D eigenvalue weighted by atomic mass is 16.3. The normalized spacial score (nSPS) is 11.0. The number of rotatable bonds is 2. The van der Waals surface area contributed by atoms with Crippen molar-refractivity contribution >= 4 is 12.7 Å². The quantitative estimate of drug-likeness (QED) is 0.777. The molecule has 1 heteroatoms. The molecule has 0 aliphatic heterocycles. The van der Waals surface area contributed by atoms with E-state index in [1.165, 1.54) is 5.56 Å². The van der Waals surface area contributed by atoms with E-state index in [1.54, 1.807) is 6.08 Å². The number of aliphatic hydroxyl groups is 1. The van der Waals surface area contributed by atoms with E-state index < -0.39 is 0 Å². The minimum absolute atomic E-state index is 0.0640. The summed E-state index contributed by atoms with van der Waals surface area (Å²) in [6.07, 6.45) is 2.62. The van der Waals surface area contributed by atoms with Crippen LogP contribution in [0.3, 0.4) is 0 Å². The second-order valence-corrected chi connectivity index (χ2v) is 4.75. The van der Waals surface area contributed by atoms with Crippen LogP contribution >= 0.6 is 0 Å². The molecule has 0 amide bonds. The van der Waals surface area contributed by atoms with E-state index in [0.29, 0.717) is 0 Å². The van der Waals surface area contributed by atoms with E-state index in [0.717, 1.165) is 22.8 Å². The zero-order valence-corrected chi connectivity index (χ0v) is 11.5. The molecule has 0 unspecified atom stereocenters. The van der Waals surface area contributed by atoms with Crippen molar-refractivity contribution < 1.29 is 5.11 Å². The molecule has 0 heterocycles. The molecular weight excluding hydrogens is 208 g/mol. The van der Waals surface area contributed by atoms with Gasteiger partial charge >= 0.3 is 0 Å². The van der Waals surface area contributed by atoms with Gasteiger partial charge in [0.15, 0.2) is 0 Å². The fourth-order valence-electron chi connectivity index (χ4n) is 1.20. The van der Waals surface area contributed by atoms with Crippen LogP contribution in [0.1, 0.15) is 33.3 Å². The van der Waals surface area contributed by atoms with Crippen molar-refractivity contribution in [3.05, 3.63) is 46.5 Å². The van der Waals surface area contributed by atoms with Gasteiger partial charge in [0.25, 0.3) is 0 Å². The zero-order valence-electron chi connectivity index (χ0n) is 11.5. The Morgan fingerprint density at radius 1 is 1.35 bits per heavy atom. The van der Waals surface area contributed by atoms with Gasteiger partial charge < -0.3 is 5.11 Å². The monoisotopic (exact) mass is 232 g/mol. The fourth-order valence-corrected chi connectivity index (χ4v) is 1.20. The van der Waals surface area contributed by atoms with E-state index in [1.807, 2.05) is 18.2 Å². The highest BCUT2D eigenvalue weighted by Crippen LogP contribution is 1.92. The van der Waals surface area contributed by atoms with Gasteiger partial charge in [-0.2, -0.15) is 0 Å². The number of aryl methyl sites for hydroxylation is 1. The summed E-state index contributed by atoms with van der Waals surface area (Å²) in [5.41, 5.74) is 1.26. The molecule has 0 saturated carbocycles. The first kappa shape index (κ1) is 15.5. The number of benzene rings is 1. The Hall–Kier alpha value is -1.50. The van der Waals surface area contributed by atoms with Gasteiger partial charge in [-0.1, -0.05) is 59.1 Å². The van der Waals surface area contributed by atoms with Crippen molar-refractivity contribution in [2.45, 2.75) is 34.1 Å². The molecule has 0 radical (unpaired) electrons. The molecule has 1 nitrogen and oxygen atoms in total. The molecule has 0 fully saturated rings. The summed E-state index contributed by atoms with van der Waals surface area (Å²) in [6, 6.07) is 6.00. The lowest BCUT2D eigenvalue weighted by molar-refractivity contribution is 0.444. The SMILES string of the molecule is C=C(O)/C=c1/ccc(CC)cc1=C.CC(C)C. The van der Waals surface area contributed by atoms with E-state index in [2.05, 4.69) is 40.9 Å². The Labute approximate surface area is 105 Å². The molecule has 0 aromatic heterocycles. The summed E-state index contributed by atoms with van der Waals surface area (Å²) in [5, 5.41) is 10.8. The first-order valence-corrected chi connectivity index (χ1v) is 6.04. The predicted molar refractivity (Wildman–Crippen MR) is 77.3 cm³/mol. The lowest BCUT2D eigenvalue weighted by Gasteiger charge is -1.95. The van der Waals surface area contributed by atoms with Crippen molar-refractivity contribution in [1.29, 1.82) is 0 Å². The van der Waals surface area contributed by atoms with Gasteiger partial charge in [0, 0.05) is 0 Å². The van der Waals surface area contributed by atoms with Crippen molar-refractivity contribution in [1.82, 2.24) is 0 Å². The van der Waals surface area contributed by atoms with Crippen LogP contribution in [-0.2, 0) is 6.42 Å². The highest BCUT2D eigenvalue weighted by molar-refractivity contribution is 5.41. The highest BCUT2D eigenvalue weighted by Gasteiger charge is 1.88. The Bertz CT molecular complexity index is 452. The smallest absolute Gasteiger partial charge is 0.109 e. The standard InChI is InChI=1S/C12H14O.C4H10/c1-4-11-5-6-12(8-10(3)13)9(2)7-11;1-4(2)3/h5-8,13H,2-4H2,1H3;4H,1-3H3/b12-8-;. The number of aliphatic hydroxyl groups excluding tert-OH is 1. The Balaban J connectivity index is 0.000000557. The van der Waals surface area contributed by atoms with Gasteiger partial charge in [-0.15, -0.1) is 0 Å². The van der Waals surface area contributed by atoms with Crippen molar-refractivity contribution in [3.8, 4) is 0 Å². The van der Waals surface area contributed by atoms with Gasteiger partial charge in [0.05, 0.1) is 0 Å². The molecule has 17 heavy (non-hydrogen) atoms. The Kier molecular flexibility index (Phi) is 7.04. The van der Waals surface area contributed by atoms with Crippen LogP contribution in [0.2, 0.25) is 0 Å². The molecule has 0 saturated heterocycles.